The summed E-state index contributed by atoms with van der Waals surface area (Å²) in [7, 11) is 0. The molecule has 1 rings (SSSR count). The Kier molecular flexibility index (Phi) is 5.26. The van der Waals surface area contributed by atoms with Gasteiger partial charge in [0.25, 0.3) is 0 Å². The molecule has 6 heteroatoms. The maximum Gasteiger partial charge on any atom is 0.407 e. The van der Waals surface area contributed by atoms with Gasteiger partial charge in [-0.15, -0.1) is 11.6 Å². The summed E-state index contributed by atoms with van der Waals surface area (Å²) in [6, 6.07) is -0.0548. The number of nitrogens with zero attached hydrogens (tertiary/aromatic N) is 1. The SMILES string of the molecule is CC(C)(C)OC(=O)N[C@H]1CCCN(C(=O)CCl)C1. The lowest BCUT2D eigenvalue weighted by molar-refractivity contribution is -0.129. The summed E-state index contributed by atoms with van der Waals surface area (Å²) in [5.41, 5.74) is -0.510. The highest BCUT2D eigenvalue weighted by atomic mass is 35.5. The molecule has 0 saturated carbocycles. The molecular formula is C12H21ClN2O3. The number of halogens is 1. The first-order valence-electron chi connectivity index (χ1n) is 6.15. The summed E-state index contributed by atoms with van der Waals surface area (Å²) < 4.78 is 5.18. The Labute approximate surface area is 113 Å². The standard InChI is InChI=1S/C12H21ClN2O3/c1-12(2,3)18-11(17)14-9-5-4-6-15(8-9)10(16)7-13/h9H,4-8H2,1-3H3,(H,14,17)/t9-/m0/s1. The fourth-order valence-electron chi connectivity index (χ4n) is 1.88. The Morgan fingerprint density at radius 1 is 1.44 bits per heavy atom. The third kappa shape index (κ3) is 5.12. The number of rotatable bonds is 2. The molecule has 0 aliphatic carbocycles. The topological polar surface area (TPSA) is 58.6 Å². The van der Waals surface area contributed by atoms with Crippen molar-refractivity contribution in [1.82, 2.24) is 10.2 Å². The summed E-state index contributed by atoms with van der Waals surface area (Å²) >= 11 is 5.52. The van der Waals surface area contributed by atoms with Crippen LogP contribution < -0.4 is 5.32 Å². The fourth-order valence-corrected chi connectivity index (χ4v) is 2.05. The van der Waals surface area contributed by atoms with Gasteiger partial charge in [0.1, 0.15) is 11.5 Å². The van der Waals surface area contributed by atoms with Crippen molar-refractivity contribution in [2.24, 2.45) is 0 Å². The minimum absolute atomic E-state index is 0.0147. The molecule has 1 heterocycles. The number of carbonyl (C=O) groups excluding carboxylic acids is 2. The van der Waals surface area contributed by atoms with E-state index in [1.54, 1.807) is 4.90 Å². The molecule has 104 valence electrons. The number of piperidine rings is 1. The monoisotopic (exact) mass is 276 g/mol. The number of ether oxygens (including phenoxy) is 1. The fraction of sp³-hybridized carbons (Fsp3) is 0.833. The van der Waals surface area contributed by atoms with Crippen LogP contribution in [0, 0.1) is 0 Å². The Hall–Kier alpha value is -0.970. The summed E-state index contributed by atoms with van der Waals surface area (Å²) in [4.78, 5) is 24.8. The normalized spacial score (nSPS) is 20.4. The average molecular weight is 277 g/mol. The van der Waals surface area contributed by atoms with Crippen LogP contribution >= 0.6 is 11.6 Å². The summed E-state index contributed by atoms with van der Waals surface area (Å²) in [5, 5.41) is 2.79. The number of hydrogen-bond acceptors (Lipinski definition) is 3. The van der Waals surface area contributed by atoms with Crippen molar-refractivity contribution in [1.29, 1.82) is 0 Å². The van der Waals surface area contributed by atoms with E-state index in [1.165, 1.54) is 0 Å². The van der Waals surface area contributed by atoms with E-state index in [9.17, 15) is 9.59 Å². The molecule has 1 aliphatic heterocycles. The highest BCUT2D eigenvalue weighted by Gasteiger charge is 2.25. The molecule has 2 amide bonds. The summed E-state index contributed by atoms with van der Waals surface area (Å²) in [6.45, 7) is 6.66. The van der Waals surface area contributed by atoms with Gasteiger partial charge in [-0.2, -0.15) is 0 Å². The maximum atomic E-state index is 11.6. The van der Waals surface area contributed by atoms with Crippen molar-refractivity contribution in [2.45, 2.75) is 45.3 Å². The number of likely N-dealkylation sites (tertiary alicyclic amines) is 1. The zero-order chi connectivity index (χ0) is 13.8. The van der Waals surface area contributed by atoms with Gasteiger partial charge in [0.2, 0.25) is 5.91 Å². The molecule has 0 unspecified atom stereocenters. The Morgan fingerprint density at radius 2 is 2.11 bits per heavy atom. The first kappa shape index (κ1) is 15.1. The Morgan fingerprint density at radius 3 is 2.67 bits per heavy atom. The Balaban J connectivity index is 2.43. The minimum atomic E-state index is -0.510. The molecule has 1 fully saturated rings. The third-order valence-corrected chi connectivity index (χ3v) is 2.84. The van der Waals surface area contributed by atoms with E-state index in [-0.39, 0.29) is 17.8 Å². The van der Waals surface area contributed by atoms with Crippen LogP contribution in [-0.4, -0.2) is 47.5 Å². The van der Waals surface area contributed by atoms with Crippen molar-refractivity contribution in [2.75, 3.05) is 19.0 Å². The van der Waals surface area contributed by atoms with E-state index >= 15 is 0 Å². The second-order valence-corrected chi connectivity index (χ2v) is 5.73. The predicted molar refractivity (Wildman–Crippen MR) is 69.7 cm³/mol. The summed E-state index contributed by atoms with van der Waals surface area (Å²) in [6.07, 6.45) is 1.28. The number of alkyl carbamates (subject to hydrolysis) is 1. The van der Waals surface area contributed by atoms with Crippen LogP contribution in [0.4, 0.5) is 4.79 Å². The largest absolute Gasteiger partial charge is 0.444 e. The van der Waals surface area contributed by atoms with Crippen molar-refractivity contribution in [3.8, 4) is 0 Å². The molecular weight excluding hydrogens is 256 g/mol. The lowest BCUT2D eigenvalue weighted by Gasteiger charge is -2.33. The van der Waals surface area contributed by atoms with Gasteiger partial charge in [-0.1, -0.05) is 0 Å². The molecule has 1 saturated heterocycles. The predicted octanol–water partition coefficient (Wildman–Crippen LogP) is 1.74. The number of amides is 2. The molecule has 1 N–H and O–H groups in total. The van der Waals surface area contributed by atoms with Crippen LogP contribution in [0.15, 0.2) is 0 Å². The molecule has 0 aromatic carbocycles. The van der Waals surface area contributed by atoms with Crippen molar-refractivity contribution in [3.05, 3.63) is 0 Å². The molecule has 0 aromatic heterocycles. The lowest BCUT2D eigenvalue weighted by atomic mass is 10.1. The minimum Gasteiger partial charge on any atom is -0.444 e. The third-order valence-electron chi connectivity index (χ3n) is 2.61. The second kappa shape index (κ2) is 6.27. The number of alkyl halides is 1. The quantitative estimate of drug-likeness (QED) is 0.782. The Bertz CT molecular complexity index is 315. The van der Waals surface area contributed by atoms with Gasteiger partial charge in [-0.3, -0.25) is 4.79 Å². The van der Waals surface area contributed by atoms with Crippen molar-refractivity contribution in [3.63, 3.8) is 0 Å². The van der Waals surface area contributed by atoms with Gasteiger partial charge in [-0.05, 0) is 33.6 Å². The molecule has 0 aromatic rings. The zero-order valence-electron chi connectivity index (χ0n) is 11.2. The van der Waals surface area contributed by atoms with Crippen LogP contribution in [0.3, 0.4) is 0 Å². The first-order valence-corrected chi connectivity index (χ1v) is 6.68. The van der Waals surface area contributed by atoms with Gasteiger partial charge >= 0.3 is 6.09 Å². The number of carbonyl (C=O) groups is 2. The van der Waals surface area contributed by atoms with Crippen molar-refractivity contribution >= 4 is 23.6 Å². The number of hydrogen-bond donors (Lipinski definition) is 1. The number of nitrogens with one attached hydrogen (secondary N) is 1. The van der Waals surface area contributed by atoms with Crippen molar-refractivity contribution < 1.29 is 14.3 Å². The van der Waals surface area contributed by atoms with Crippen LogP contribution in [0.1, 0.15) is 33.6 Å². The van der Waals surface area contributed by atoms with Gasteiger partial charge in [0.15, 0.2) is 0 Å². The smallest absolute Gasteiger partial charge is 0.407 e. The van der Waals surface area contributed by atoms with E-state index in [0.717, 1.165) is 12.8 Å². The van der Waals surface area contributed by atoms with Crippen LogP contribution in [0.2, 0.25) is 0 Å². The van der Waals surface area contributed by atoms with E-state index in [4.69, 9.17) is 16.3 Å². The van der Waals surface area contributed by atoms with E-state index < -0.39 is 11.7 Å². The average Bonchev–Trinajstić information content (AvgIpc) is 2.25. The van der Waals surface area contributed by atoms with Crippen LogP contribution in [-0.2, 0) is 9.53 Å². The van der Waals surface area contributed by atoms with Gasteiger partial charge in [-0.25, -0.2) is 4.79 Å². The van der Waals surface area contributed by atoms with Crippen LogP contribution in [0.5, 0.6) is 0 Å². The molecule has 1 aliphatic rings. The van der Waals surface area contributed by atoms with E-state index in [2.05, 4.69) is 5.32 Å². The zero-order valence-corrected chi connectivity index (χ0v) is 11.9. The second-order valence-electron chi connectivity index (χ2n) is 5.46. The highest BCUT2D eigenvalue weighted by molar-refractivity contribution is 6.27. The molecule has 0 spiro atoms. The molecule has 5 nitrogen and oxygen atoms in total. The van der Waals surface area contributed by atoms with Crippen LogP contribution in [0.25, 0.3) is 0 Å². The molecule has 18 heavy (non-hydrogen) atoms. The van der Waals surface area contributed by atoms with E-state index in [0.29, 0.717) is 13.1 Å². The van der Waals surface area contributed by atoms with Gasteiger partial charge in [0, 0.05) is 19.1 Å². The lowest BCUT2D eigenvalue weighted by Crippen LogP contribution is -2.50. The highest BCUT2D eigenvalue weighted by Crippen LogP contribution is 2.12. The molecule has 1 atom stereocenters. The summed E-state index contributed by atoms with van der Waals surface area (Å²) in [5.74, 6) is -0.105. The molecule has 0 bridgehead atoms. The molecule has 0 radical (unpaired) electrons. The van der Waals surface area contributed by atoms with E-state index in [1.807, 2.05) is 20.8 Å². The van der Waals surface area contributed by atoms with Gasteiger partial charge in [0.05, 0.1) is 0 Å². The first-order chi connectivity index (χ1) is 8.31. The maximum absolute atomic E-state index is 11.6. The van der Waals surface area contributed by atoms with Gasteiger partial charge < -0.3 is 15.0 Å².